The molecule has 2 aromatic rings. The van der Waals surface area contributed by atoms with E-state index in [1.165, 1.54) is 11.8 Å². The molecule has 0 aliphatic heterocycles. The van der Waals surface area contributed by atoms with E-state index in [1.54, 1.807) is 18.7 Å². The normalized spacial score (nSPS) is 10.5. The zero-order valence-electron chi connectivity index (χ0n) is 8.17. The molecule has 0 aliphatic rings. The summed E-state index contributed by atoms with van der Waals surface area (Å²) in [5, 5.41) is 1.30. The molecule has 0 unspecified atom stereocenters. The topological polar surface area (TPSA) is 77.8 Å². The van der Waals surface area contributed by atoms with Gasteiger partial charge in [-0.2, -0.15) is 0 Å². The molecular weight excluding hydrogens is 212 g/mol. The Morgan fingerprint density at radius 3 is 2.87 bits per heavy atom. The van der Waals surface area contributed by atoms with E-state index in [9.17, 15) is 0 Å². The smallest absolute Gasteiger partial charge is 0.262 e. The van der Waals surface area contributed by atoms with E-state index < -0.39 is 0 Å². The summed E-state index contributed by atoms with van der Waals surface area (Å²) in [6.07, 6.45) is 4.84. The van der Waals surface area contributed by atoms with E-state index in [1.807, 2.05) is 6.92 Å². The average Bonchev–Trinajstić information content (AvgIpc) is 2.65. The minimum atomic E-state index is 0.357. The molecule has 0 fully saturated rings. The van der Waals surface area contributed by atoms with Crippen LogP contribution >= 0.6 is 11.8 Å². The molecule has 2 rings (SSSR count). The number of hydrogen-bond donors (Lipinski definition) is 1. The van der Waals surface area contributed by atoms with Gasteiger partial charge in [-0.15, -0.1) is 0 Å². The van der Waals surface area contributed by atoms with Gasteiger partial charge in [0, 0.05) is 18.9 Å². The van der Waals surface area contributed by atoms with Crippen LogP contribution < -0.4 is 5.73 Å². The van der Waals surface area contributed by atoms with Crippen molar-refractivity contribution in [3.8, 4) is 0 Å². The molecule has 0 aromatic carbocycles. The Bertz CT molecular complexity index is 457. The molecule has 78 valence electrons. The molecule has 0 saturated carbocycles. The summed E-state index contributed by atoms with van der Waals surface area (Å²) in [5.41, 5.74) is 7.13. The lowest BCUT2D eigenvalue weighted by Gasteiger charge is -2.00. The molecule has 6 heteroatoms. The molecule has 2 aromatic heterocycles. The summed E-state index contributed by atoms with van der Waals surface area (Å²) in [6.45, 7) is 2.23. The maximum absolute atomic E-state index is 5.54. The zero-order valence-corrected chi connectivity index (χ0v) is 8.99. The summed E-state index contributed by atoms with van der Waals surface area (Å²) in [4.78, 5) is 12.5. The number of nitrogens with zero attached hydrogens (tertiary/aromatic N) is 3. The fourth-order valence-electron chi connectivity index (χ4n) is 1.04. The van der Waals surface area contributed by atoms with Crippen molar-refractivity contribution in [2.45, 2.75) is 23.7 Å². The lowest BCUT2D eigenvalue weighted by atomic mass is 10.5. The highest BCUT2D eigenvalue weighted by molar-refractivity contribution is 7.99. The highest BCUT2D eigenvalue weighted by Crippen LogP contribution is 2.26. The van der Waals surface area contributed by atoms with Gasteiger partial charge < -0.3 is 10.2 Å². The van der Waals surface area contributed by atoms with Crippen LogP contribution in [0.4, 0.5) is 0 Å². The van der Waals surface area contributed by atoms with Crippen LogP contribution in [0.1, 0.15) is 11.4 Å². The second-order valence-electron chi connectivity index (χ2n) is 2.87. The first-order valence-corrected chi connectivity index (χ1v) is 5.21. The van der Waals surface area contributed by atoms with E-state index in [0.29, 0.717) is 11.8 Å². The number of nitrogens with two attached hydrogens (primary N) is 1. The van der Waals surface area contributed by atoms with Gasteiger partial charge in [-0.3, -0.25) is 4.98 Å². The summed E-state index contributed by atoms with van der Waals surface area (Å²) < 4.78 is 5.21. The monoisotopic (exact) mass is 222 g/mol. The number of hydrogen-bond acceptors (Lipinski definition) is 6. The van der Waals surface area contributed by atoms with Crippen LogP contribution in [0, 0.1) is 6.92 Å². The minimum Gasteiger partial charge on any atom is -0.439 e. The van der Waals surface area contributed by atoms with Crippen molar-refractivity contribution in [3.63, 3.8) is 0 Å². The molecular formula is C9H10N4OS. The largest absolute Gasteiger partial charge is 0.439 e. The molecule has 0 bridgehead atoms. The Labute approximate surface area is 91.1 Å². The second kappa shape index (κ2) is 4.41. The SMILES string of the molecule is Cc1coc(Sc2nccnc2CN)n1. The van der Waals surface area contributed by atoms with E-state index in [2.05, 4.69) is 15.0 Å². The summed E-state index contributed by atoms with van der Waals surface area (Å²) >= 11 is 1.33. The van der Waals surface area contributed by atoms with Crippen LogP contribution in [0.2, 0.25) is 0 Å². The van der Waals surface area contributed by atoms with Crippen molar-refractivity contribution in [1.29, 1.82) is 0 Å². The second-order valence-corrected chi connectivity index (χ2v) is 3.81. The fraction of sp³-hybridized carbons (Fsp3) is 0.222. The highest BCUT2D eigenvalue weighted by atomic mass is 32.2. The van der Waals surface area contributed by atoms with Crippen molar-refractivity contribution in [2.75, 3.05) is 0 Å². The molecule has 0 amide bonds. The number of aryl methyl sites for hydroxylation is 1. The standard InChI is InChI=1S/C9H10N4OS/c1-6-5-14-9(13-6)15-8-7(4-10)11-2-3-12-8/h2-3,5H,4,10H2,1H3. The molecule has 0 aliphatic carbocycles. The van der Waals surface area contributed by atoms with Crippen molar-refractivity contribution in [2.24, 2.45) is 5.73 Å². The number of oxazole rings is 1. The van der Waals surface area contributed by atoms with Gasteiger partial charge in [0.2, 0.25) is 0 Å². The van der Waals surface area contributed by atoms with Gasteiger partial charge in [-0.25, -0.2) is 9.97 Å². The van der Waals surface area contributed by atoms with Gasteiger partial charge in [-0.05, 0) is 18.7 Å². The Morgan fingerprint density at radius 1 is 1.40 bits per heavy atom. The van der Waals surface area contributed by atoms with Gasteiger partial charge in [0.25, 0.3) is 5.22 Å². The zero-order chi connectivity index (χ0) is 10.7. The van der Waals surface area contributed by atoms with E-state index in [0.717, 1.165) is 16.4 Å². The molecule has 2 heterocycles. The first-order valence-electron chi connectivity index (χ1n) is 4.39. The Morgan fingerprint density at radius 2 is 2.20 bits per heavy atom. The number of aromatic nitrogens is 3. The van der Waals surface area contributed by atoms with Crippen molar-refractivity contribution >= 4 is 11.8 Å². The van der Waals surface area contributed by atoms with Crippen LogP contribution in [-0.2, 0) is 6.54 Å². The molecule has 2 N–H and O–H groups in total. The third kappa shape index (κ3) is 2.34. The quantitative estimate of drug-likeness (QED) is 0.845. The summed E-state index contributed by atoms with van der Waals surface area (Å²) in [7, 11) is 0. The highest BCUT2D eigenvalue weighted by Gasteiger charge is 2.09. The predicted octanol–water partition coefficient (Wildman–Crippen LogP) is 1.38. The summed E-state index contributed by atoms with van der Waals surface area (Å²) in [6, 6.07) is 0. The molecule has 5 nitrogen and oxygen atoms in total. The van der Waals surface area contributed by atoms with E-state index >= 15 is 0 Å². The Balaban J connectivity index is 2.23. The van der Waals surface area contributed by atoms with Crippen LogP contribution in [0.3, 0.4) is 0 Å². The first kappa shape index (κ1) is 10.1. The molecule has 0 saturated heterocycles. The van der Waals surface area contributed by atoms with Crippen molar-refractivity contribution in [1.82, 2.24) is 15.0 Å². The van der Waals surface area contributed by atoms with Gasteiger partial charge in [0.1, 0.15) is 11.3 Å². The van der Waals surface area contributed by atoms with Crippen molar-refractivity contribution in [3.05, 3.63) is 30.0 Å². The molecule has 15 heavy (non-hydrogen) atoms. The first-order chi connectivity index (χ1) is 7.29. The van der Waals surface area contributed by atoms with Gasteiger partial charge in [0.05, 0.1) is 11.4 Å². The van der Waals surface area contributed by atoms with Crippen LogP contribution in [0.25, 0.3) is 0 Å². The van der Waals surface area contributed by atoms with Crippen molar-refractivity contribution < 1.29 is 4.42 Å². The lowest BCUT2D eigenvalue weighted by Crippen LogP contribution is -2.02. The van der Waals surface area contributed by atoms with Crippen LogP contribution in [0.15, 0.2) is 33.3 Å². The molecule has 0 radical (unpaired) electrons. The Hall–Kier alpha value is -1.40. The predicted molar refractivity (Wildman–Crippen MR) is 55.3 cm³/mol. The molecule has 0 spiro atoms. The van der Waals surface area contributed by atoms with Crippen LogP contribution in [-0.4, -0.2) is 15.0 Å². The van der Waals surface area contributed by atoms with E-state index in [-0.39, 0.29) is 0 Å². The van der Waals surface area contributed by atoms with Gasteiger partial charge in [-0.1, -0.05) is 0 Å². The maximum atomic E-state index is 5.54. The summed E-state index contributed by atoms with van der Waals surface area (Å²) in [5.74, 6) is 0. The molecule has 0 atom stereocenters. The van der Waals surface area contributed by atoms with Gasteiger partial charge >= 0.3 is 0 Å². The lowest BCUT2D eigenvalue weighted by molar-refractivity contribution is 0.453. The maximum Gasteiger partial charge on any atom is 0.262 e. The van der Waals surface area contributed by atoms with E-state index in [4.69, 9.17) is 10.2 Å². The fourth-order valence-corrected chi connectivity index (χ4v) is 1.86. The number of rotatable bonds is 3. The third-order valence-corrected chi connectivity index (χ3v) is 2.61. The minimum absolute atomic E-state index is 0.357. The Kier molecular flexibility index (Phi) is 2.98. The van der Waals surface area contributed by atoms with Gasteiger partial charge in [0.15, 0.2) is 0 Å². The average molecular weight is 222 g/mol. The van der Waals surface area contributed by atoms with Crippen LogP contribution in [0.5, 0.6) is 0 Å². The third-order valence-electron chi connectivity index (χ3n) is 1.71.